The second-order valence-corrected chi connectivity index (χ2v) is 3.23. The van der Waals surface area contributed by atoms with Crippen LogP contribution in [0, 0.1) is 0 Å². The van der Waals surface area contributed by atoms with Crippen molar-refractivity contribution in [3.05, 3.63) is 12.7 Å². The molecule has 0 heterocycles. The van der Waals surface area contributed by atoms with Crippen LogP contribution < -0.4 is 0 Å². The van der Waals surface area contributed by atoms with Gasteiger partial charge in [0.1, 0.15) is 24.9 Å². The number of hydrogen-bond acceptors (Lipinski definition) is 5. The highest BCUT2D eigenvalue weighted by molar-refractivity contribution is 5.94. The van der Waals surface area contributed by atoms with Gasteiger partial charge in [0.25, 0.3) is 0 Å². The molecular formula is C11H16O5. The third kappa shape index (κ3) is 6.75. The first-order valence-corrected chi connectivity index (χ1v) is 4.97. The molecule has 1 unspecified atom stereocenters. The number of carbonyl (C=O) groups excluding carboxylic acids is 3. The van der Waals surface area contributed by atoms with Gasteiger partial charge in [-0.05, 0) is 13.3 Å². The highest BCUT2D eigenvalue weighted by atomic mass is 16.6. The van der Waals surface area contributed by atoms with E-state index in [-0.39, 0.29) is 18.8 Å². The Morgan fingerprint density at radius 2 is 2.00 bits per heavy atom. The van der Waals surface area contributed by atoms with Gasteiger partial charge in [-0.25, -0.2) is 4.79 Å². The molecule has 0 aromatic carbocycles. The van der Waals surface area contributed by atoms with Crippen LogP contribution in [-0.2, 0) is 23.9 Å². The maximum absolute atomic E-state index is 11.0. The van der Waals surface area contributed by atoms with Gasteiger partial charge in [0.15, 0.2) is 0 Å². The zero-order chi connectivity index (χ0) is 12.6. The summed E-state index contributed by atoms with van der Waals surface area (Å²) in [6.45, 7) is 6.31. The van der Waals surface area contributed by atoms with Crippen molar-refractivity contribution in [1.82, 2.24) is 0 Å². The topological polar surface area (TPSA) is 69.7 Å². The predicted octanol–water partition coefficient (Wildman–Crippen LogP) is 1.02. The number of rotatable bonds is 7. The molecule has 0 aliphatic carbocycles. The number of ether oxygens (including phenoxy) is 2. The van der Waals surface area contributed by atoms with Gasteiger partial charge in [-0.15, -0.1) is 0 Å². The molecule has 0 aromatic rings. The normalized spacial score (nSPS) is 11.4. The SMILES string of the molecule is C=CC(=O)OC(CC)COC(=O)CC(C)=O. The largest absolute Gasteiger partial charge is 0.461 e. The minimum Gasteiger partial charge on any atom is -0.461 e. The molecule has 0 fully saturated rings. The Morgan fingerprint density at radius 1 is 1.38 bits per heavy atom. The average Bonchev–Trinajstić information content (AvgIpc) is 2.22. The Bertz CT molecular complexity index is 282. The predicted molar refractivity (Wildman–Crippen MR) is 56.6 cm³/mol. The fourth-order valence-electron chi connectivity index (χ4n) is 0.888. The lowest BCUT2D eigenvalue weighted by atomic mass is 10.3. The van der Waals surface area contributed by atoms with E-state index in [9.17, 15) is 14.4 Å². The first-order valence-electron chi connectivity index (χ1n) is 4.97. The number of ketones is 1. The average molecular weight is 228 g/mol. The van der Waals surface area contributed by atoms with Crippen LogP contribution in [0.3, 0.4) is 0 Å². The van der Waals surface area contributed by atoms with Gasteiger partial charge in [-0.1, -0.05) is 13.5 Å². The van der Waals surface area contributed by atoms with Crippen LogP contribution in [0.2, 0.25) is 0 Å². The van der Waals surface area contributed by atoms with Gasteiger partial charge in [0, 0.05) is 6.08 Å². The van der Waals surface area contributed by atoms with Gasteiger partial charge < -0.3 is 9.47 Å². The van der Waals surface area contributed by atoms with Crippen LogP contribution in [-0.4, -0.2) is 30.4 Å². The lowest BCUT2D eigenvalue weighted by Crippen LogP contribution is -2.24. The maximum atomic E-state index is 11.0. The minimum absolute atomic E-state index is 0.0395. The van der Waals surface area contributed by atoms with Crippen LogP contribution in [0.5, 0.6) is 0 Å². The third-order valence-corrected chi connectivity index (χ3v) is 1.73. The molecule has 0 radical (unpaired) electrons. The molecule has 0 aliphatic heterocycles. The lowest BCUT2D eigenvalue weighted by molar-refractivity contribution is -0.156. The number of carbonyl (C=O) groups is 3. The second kappa shape index (κ2) is 7.62. The zero-order valence-electron chi connectivity index (χ0n) is 9.52. The molecule has 0 aromatic heterocycles. The van der Waals surface area contributed by atoms with Crippen LogP contribution in [0.25, 0.3) is 0 Å². The Hall–Kier alpha value is -1.65. The molecule has 1 atom stereocenters. The Labute approximate surface area is 94.4 Å². The van der Waals surface area contributed by atoms with Gasteiger partial charge >= 0.3 is 11.9 Å². The van der Waals surface area contributed by atoms with Crippen LogP contribution in [0.4, 0.5) is 0 Å². The van der Waals surface area contributed by atoms with Gasteiger partial charge in [0.2, 0.25) is 0 Å². The van der Waals surface area contributed by atoms with Crippen molar-refractivity contribution in [1.29, 1.82) is 0 Å². The molecule has 0 N–H and O–H groups in total. The number of Topliss-reactive ketones (excluding diaryl/α,β-unsaturated/α-hetero) is 1. The molecule has 90 valence electrons. The number of esters is 2. The molecule has 0 amide bonds. The van der Waals surface area contributed by atoms with Gasteiger partial charge in [0.05, 0.1) is 0 Å². The maximum Gasteiger partial charge on any atom is 0.330 e. The molecule has 5 nitrogen and oxygen atoms in total. The molecular weight excluding hydrogens is 212 g/mol. The number of hydrogen-bond donors (Lipinski definition) is 0. The summed E-state index contributed by atoms with van der Waals surface area (Å²) in [5, 5.41) is 0. The van der Waals surface area contributed by atoms with E-state index in [4.69, 9.17) is 9.47 Å². The molecule has 0 spiro atoms. The van der Waals surface area contributed by atoms with Crippen LogP contribution in [0.1, 0.15) is 26.7 Å². The van der Waals surface area contributed by atoms with E-state index in [0.717, 1.165) is 6.08 Å². The first kappa shape index (κ1) is 14.3. The smallest absolute Gasteiger partial charge is 0.330 e. The summed E-state index contributed by atoms with van der Waals surface area (Å²) in [5.41, 5.74) is 0. The van der Waals surface area contributed by atoms with E-state index < -0.39 is 18.0 Å². The highest BCUT2D eigenvalue weighted by Gasteiger charge is 2.14. The Morgan fingerprint density at radius 3 is 2.44 bits per heavy atom. The minimum atomic E-state index is -0.611. The first-order chi connectivity index (χ1) is 7.49. The summed E-state index contributed by atoms with van der Waals surface area (Å²) in [6, 6.07) is 0. The molecule has 0 aliphatic rings. The summed E-state index contributed by atoms with van der Waals surface area (Å²) in [6.07, 6.45) is 0.806. The summed E-state index contributed by atoms with van der Waals surface area (Å²) < 4.78 is 9.67. The standard InChI is InChI=1S/C11H16O5/c1-4-9(16-10(13)5-2)7-15-11(14)6-8(3)12/h5,9H,2,4,6-7H2,1,3H3. The van der Waals surface area contributed by atoms with E-state index in [0.29, 0.717) is 6.42 Å². The lowest BCUT2D eigenvalue weighted by Gasteiger charge is -2.14. The molecule has 0 saturated heterocycles. The van der Waals surface area contributed by atoms with Gasteiger partial charge in [-0.3, -0.25) is 9.59 Å². The van der Waals surface area contributed by atoms with Crippen molar-refractivity contribution in [2.45, 2.75) is 32.8 Å². The molecule has 5 heteroatoms. The zero-order valence-corrected chi connectivity index (χ0v) is 9.52. The molecule has 0 bridgehead atoms. The second-order valence-electron chi connectivity index (χ2n) is 3.23. The molecule has 0 saturated carbocycles. The highest BCUT2D eigenvalue weighted by Crippen LogP contribution is 2.01. The van der Waals surface area contributed by atoms with E-state index in [1.165, 1.54) is 6.92 Å². The van der Waals surface area contributed by atoms with Crippen molar-refractivity contribution in [2.75, 3.05) is 6.61 Å². The monoisotopic (exact) mass is 228 g/mol. The summed E-state index contributed by atoms with van der Waals surface area (Å²) in [7, 11) is 0. The van der Waals surface area contributed by atoms with Crippen molar-refractivity contribution >= 4 is 17.7 Å². The van der Waals surface area contributed by atoms with E-state index in [1.54, 1.807) is 6.92 Å². The third-order valence-electron chi connectivity index (χ3n) is 1.73. The van der Waals surface area contributed by atoms with E-state index in [2.05, 4.69) is 6.58 Å². The van der Waals surface area contributed by atoms with E-state index >= 15 is 0 Å². The Balaban J connectivity index is 3.95. The van der Waals surface area contributed by atoms with Crippen molar-refractivity contribution in [2.24, 2.45) is 0 Å². The quantitative estimate of drug-likeness (QED) is 0.369. The van der Waals surface area contributed by atoms with E-state index in [1.807, 2.05) is 0 Å². The fraction of sp³-hybridized carbons (Fsp3) is 0.545. The molecule has 16 heavy (non-hydrogen) atoms. The van der Waals surface area contributed by atoms with Crippen molar-refractivity contribution in [3.63, 3.8) is 0 Å². The molecule has 0 rings (SSSR count). The van der Waals surface area contributed by atoms with Crippen LogP contribution in [0.15, 0.2) is 12.7 Å². The fourth-order valence-corrected chi connectivity index (χ4v) is 0.888. The van der Waals surface area contributed by atoms with Crippen LogP contribution >= 0.6 is 0 Å². The summed E-state index contributed by atoms with van der Waals surface area (Å²) in [5.74, 6) is -1.43. The van der Waals surface area contributed by atoms with Crippen molar-refractivity contribution < 1.29 is 23.9 Å². The summed E-state index contributed by atoms with van der Waals surface area (Å²) in [4.78, 5) is 32.5. The summed E-state index contributed by atoms with van der Waals surface area (Å²) >= 11 is 0. The van der Waals surface area contributed by atoms with Crippen molar-refractivity contribution in [3.8, 4) is 0 Å². The van der Waals surface area contributed by atoms with Gasteiger partial charge in [-0.2, -0.15) is 0 Å². The Kier molecular flexibility index (Phi) is 6.83.